The minimum Gasteiger partial charge on any atom is -0.497 e. The predicted molar refractivity (Wildman–Crippen MR) is 95.4 cm³/mol. The summed E-state index contributed by atoms with van der Waals surface area (Å²) in [5.41, 5.74) is 2.30. The lowest BCUT2D eigenvalue weighted by molar-refractivity contribution is 0.388. The number of hydrogen-bond acceptors (Lipinski definition) is 3. The SMILES string of the molecule is CC.COc1ccc([C@H]2CNC(c3ccc(F)cc3)C2)c(OC)c1. The second kappa shape index (κ2) is 8.69. The maximum absolute atomic E-state index is 13.0. The fraction of sp³-hybridized carbons (Fsp3) is 0.400. The number of halogens is 1. The lowest BCUT2D eigenvalue weighted by Crippen LogP contribution is -2.13. The van der Waals surface area contributed by atoms with Crippen molar-refractivity contribution in [2.75, 3.05) is 20.8 Å². The highest BCUT2D eigenvalue weighted by Gasteiger charge is 2.28. The third kappa shape index (κ3) is 4.06. The van der Waals surface area contributed by atoms with Crippen LogP contribution in [0.15, 0.2) is 42.5 Å². The first-order chi connectivity index (χ1) is 11.7. The summed E-state index contributed by atoms with van der Waals surface area (Å²) in [4.78, 5) is 0. The Labute approximate surface area is 143 Å². The summed E-state index contributed by atoms with van der Waals surface area (Å²) < 4.78 is 23.8. The molecule has 1 aliphatic heterocycles. The Hall–Kier alpha value is -2.07. The molecule has 2 aromatic carbocycles. The minimum absolute atomic E-state index is 0.199. The van der Waals surface area contributed by atoms with Crippen molar-refractivity contribution < 1.29 is 13.9 Å². The van der Waals surface area contributed by atoms with Crippen molar-refractivity contribution in [1.82, 2.24) is 5.32 Å². The fourth-order valence-electron chi connectivity index (χ4n) is 3.08. The van der Waals surface area contributed by atoms with Gasteiger partial charge in [0, 0.05) is 24.6 Å². The lowest BCUT2D eigenvalue weighted by atomic mass is 9.93. The van der Waals surface area contributed by atoms with Gasteiger partial charge in [-0.2, -0.15) is 0 Å². The van der Waals surface area contributed by atoms with E-state index in [0.717, 1.165) is 30.0 Å². The van der Waals surface area contributed by atoms with E-state index in [4.69, 9.17) is 9.47 Å². The van der Waals surface area contributed by atoms with Crippen LogP contribution in [-0.4, -0.2) is 20.8 Å². The normalized spacial score (nSPS) is 19.4. The first kappa shape index (κ1) is 18.3. The van der Waals surface area contributed by atoms with Crippen LogP contribution in [0.3, 0.4) is 0 Å². The van der Waals surface area contributed by atoms with E-state index in [0.29, 0.717) is 5.92 Å². The van der Waals surface area contributed by atoms with E-state index in [1.54, 1.807) is 14.2 Å². The molecule has 0 bridgehead atoms. The van der Waals surface area contributed by atoms with Gasteiger partial charge in [0.25, 0.3) is 0 Å². The maximum atomic E-state index is 13.0. The Morgan fingerprint density at radius 2 is 1.71 bits per heavy atom. The van der Waals surface area contributed by atoms with E-state index >= 15 is 0 Å². The smallest absolute Gasteiger partial charge is 0.126 e. The van der Waals surface area contributed by atoms with Crippen LogP contribution < -0.4 is 14.8 Å². The van der Waals surface area contributed by atoms with Crippen molar-refractivity contribution in [2.24, 2.45) is 0 Å². The molecule has 3 rings (SSSR count). The highest BCUT2D eigenvalue weighted by molar-refractivity contribution is 5.43. The first-order valence-corrected chi connectivity index (χ1v) is 8.42. The molecule has 1 unspecified atom stereocenters. The lowest BCUT2D eigenvalue weighted by Gasteiger charge is -2.15. The van der Waals surface area contributed by atoms with Gasteiger partial charge in [0.15, 0.2) is 0 Å². The molecule has 0 aromatic heterocycles. The maximum Gasteiger partial charge on any atom is 0.126 e. The Morgan fingerprint density at radius 1 is 1.00 bits per heavy atom. The van der Waals surface area contributed by atoms with Crippen LogP contribution in [0, 0.1) is 5.82 Å². The third-order valence-electron chi connectivity index (χ3n) is 4.28. The minimum atomic E-state index is -0.199. The van der Waals surface area contributed by atoms with Crippen molar-refractivity contribution >= 4 is 0 Å². The van der Waals surface area contributed by atoms with E-state index in [-0.39, 0.29) is 11.9 Å². The highest BCUT2D eigenvalue weighted by Crippen LogP contribution is 2.39. The Morgan fingerprint density at radius 3 is 2.33 bits per heavy atom. The molecule has 0 spiro atoms. The van der Waals surface area contributed by atoms with Gasteiger partial charge in [-0.15, -0.1) is 0 Å². The summed E-state index contributed by atoms with van der Waals surface area (Å²) in [5.74, 6) is 1.82. The van der Waals surface area contributed by atoms with Gasteiger partial charge in [0.2, 0.25) is 0 Å². The summed E-state index contributed by atoms with van der Waals surface area (Å²) in [6.45, 7) is 4.88. The number of nitrogens with one attached hydrogen (secondary N) is 1. The highest BCUT2D eigenvalue weighted by atomic mass is 19.1. The van der Waals surface area contributed by atoms with Crippen molar-refractivity contribution in [1.29, 1.82) is 0 Å². The molecule has 0 saturated carbocycles. The number of rotatable bonds is 4. The third-order valence-corrected chi connectivity index (χ3v) is 4.28. The van der Waals surface area contributed by atoms with Crippen LogP contribution in [-0.2, 0) is 0 Å². The van der Waals surface area contributed by atoms with Crippen LogP contribution in [0.5, 0.6) is 11.5 Å². The molecule has 0 aliphatic carbocycles. The molecule has 1 heterocycles. The Balaban J connectivity index is 0.00000100. The van der Waals surface area contributed by atoms with Crippen molar-refractivity contribution in [3.05, 3.63) is 59.4 Å². The monoisotopic (exact) mass is 331 g/mol. The van der Waals surface area contributed by atoms with Crippen LogP contribution in [0.25, 0.3) is 0 Å². The Bertz CT molecular complexity index is 643. The molecule has 3 nitrogen and oxygen atoms in total. The van der Waals surface area contributed by atoms with Crippen molar-refractivity contribution in [2.45, 2.75) is 32.2 Å². The van der Waals surface area contributed by atoms with E-state index < -0.39 is 0 Å². The molecule has 1 saturated heterocycles. The number of ether oxygens (including phenoxy) is 2. The molecule has 1 aliphatic rings. The summed E-state index contributed by atoms with van der Waals surface area (Å²) in [7, 11) is 3.33. The summed E-state index contributed by atoms with van der Waals surface area (Å²) in [5, 5.41) is 3.51. The van der Waals surface area contributed by atoms with E-state index in [2.05, 4.69) is 11.4 Å². The van der Waals surface area contributed by atoms with Crippen molar-refractivity contribution in [3.8, 4) is 11.5 Å². The summed E-state index contributed by atoms with van der Waals surface area (Å²) in [6.07, 6.45) is 0.967. The zero-order valence-electron chi connectivity index (χ0n) is 14.8. The molecular weight excluding hydrogens is 305 g/mol. The van der Waals surface area contributed by atoms with Gasteiger partial charge in [-0.25, -0.2) is 4.39 Å². The summed E-state index contributed by atoms with van der Waals surface area (Å²) >= 11 is 0. The quantitative estimate of drug-likeness (QED) is 0.882. The first-order valence-electron chi connectivity index (χ1n) is 8.42. The van der Waals surface area contributed by atoms with E-state index in [9.17, 15) is 4.39 Å². The van der Waals surface area contributed by atoms with Gasteiger partial charge >= 0.3 is 0 Å². The molecule has 130 valence electrons. The van der Waals surface area contributed by atoms with Gasteiger partial charge in [0.05, 0.1) is 14.2 Å². The molecule has 0 amide bonds. The molecule has 2 atom stereocenters. The predicted octanol–water partition coefficient (Wildman–Crippen LogP) is 4.69. The second-order valence-electron chi connectivity index (χ2n) is 5.55. The fourth-order valence-corrected chi connectivity index (χ4v) is 3.08. The van der Waals surface area contributed by atoms with Crippen molar-refractivity contribution in [3.63, 3.8) is 0 Å². The molecule has 4 heteroatoms. The summed E-state index contributed by atoms with van der Waals surface area (Å²) in [6, 6.07) is 12.9. The number of methoxy groups -OCH3 is 2. The average Bonchev–Trinajstić information content (AvgIpc) is 3.13. The van der Waals surface area contributed by atoms with E-state index in [1.807, 2.05) is 38.1 Å². The molecule has 1 N–H and O–H groups in total. The topological polar surface area (TPSA) is 30.5 Å². The van der Waals surface area contributed by atoms with E-state index in [1.165, 1.54) is 17.7 Å². The van der Waals surface area contributed by atoms with Crippen LogP contribution in [0.1, 0.15) is 43.4 Å². The van der Waals surface area contributed by atoms with Gasteiger partial charge in [-0.05, 0) is 35.7 Å². The van der Waals surface area contributed by atoms with Gasteiger partial charge in [-0.3, -0.25) is 0 Å². The largest absolute Gasteiger partial charge is 0.497 e. The molecule has 24 heavy (non-hydrogen) atoms. The van der Waals surface area contributed by atoms with Gasteiger partial charge < -0.3 is 14.8 Å². The Kier molecular flexibility index (Phi) is 6.62. The number of benzene rings is 2. The van der Waals surface area contributed by atoms with Crippen LogP contribution in [0.2, 0.25) is 0 Å². The van der Waals surface area contributed by atoms with Gasteiger partial charge in [0.1, 0.15) is 17.3 Å². The molecule has 1 fully saturated rings. The van der Waals surface area contributed by atoms with Crippen LogP contribution in [0.4, 0.5) is 4.39 Å². The molecular formula is C20H26FNO2. The zero-order valence-corrected chi connectivity index (χ0v) is 14.8. The van der Waals surface area contributed by atoms with Gasteiger partial charge in [-0.1, -0.05) is 32.0 Å². The zero-order chi connectivity index (χ0) is 17.5. The standard InChI is InChI=1S/C18H20FNO2.C2H6/c1-21-15-7-8-16(18(10-15)22-2)13-9-17(20-11-13)12-3-5-14(19)6-4-12;1-2/h3-8,10,13,17,20H,9,11H2,1-2H3;1-2H3/t13-,17?;/m1./s1. The number of hydrogen-bond donors (Lipinski definition) is 1. The van der Waals surface area contributed by atoms with Crippen LogP contribution >= 0.6 is 0 Å². The molecule has 0 radical (unpaired) electrons. The second-order valence-corrected chi connectivity index (χ2v) is 5.55. The molecule has 2 aromatic rings. The average molecular weight is 331 g/mol.